The Morgan fingerprint density at radius 1 is 1.33 bits per heavy atom. The lowest BCUT2D eigenvalue weighted by Gasteiger charge is -2.23. The highest BCUT2D eigenvalue weighted by molar-refractivity contribution is 7.91. The molecule has 0 spiro atoms. The Labute approximate surface area is 84.8 Å². The van der Waals surface area contributed by atoms with Gasteiger partial charge in [-0.3, -0.25) is 4.79 Å². The maximum Gasteiger partial charge on any atom is 0.471 e. The third kappa shape index (κ3) is 3.69. The number of halogens is 3. The van der Waals surface area contributed by atoms with Crippen LogP contribution in [0.5, 0.6) is 0 Å². The predicted molar refractivity (Wildman–Crippen MR) is 45.9 cm³/mol. The molecule has 15 heavy (non-hydrogen) atoms. The van der Waals surface area contributed by atoms with Crippen LogP contribution in [0.25, 0.3) is 0 Å². The number of sulfone groups is 1. The van der Waals surface area contributed by atoms with Crippen molar-refractivity contribution >= 4 is 15.7 Å². The molecule has 1 aliphatic rings. The SMILES string of the molecule is O=C(NC1CCCS(=O)(=O)C1)C(F)(F)F. The van der Waals surface area contributed by atoms with Gasteiger partial charge in [-0.2, -0.15) is 13.2 Å². The molecule has 1 unspecified atom stereocenters. The summed E-state index contributed by atoms with van der Waals surface area (Å²) < 4.78 is 57.6. The van der Waals surface area contributed by atoms with Gasteiger partial charge in [0.15, 0.2) is 9.84 Å². The Balaban J connectivity index is 2.57. The largest absolute Gasteiger partial charge is 0.471 e. The first-order valence-corrected chi connectivity index (χ1v) is 6.11. The van der Waals surface area contributed by atoms with Crippen LogP contribution in [0.2, 0.25) is 0 Å². The van der Waals surface area contributed by atoms with Gasteiger partial charge < -0.3 is 5.32 Å². The van der Waals surface area contributed by atoms with Crippen LogP contribution in [0.4, 0.5) is 13.2 Å². The van der Waals surface area contributed by atoms with Crippen LogP contribution in [0.3, 0.4) is 0 Å². The Bertz CT molecular complexity index is 349. The molecular formula is C7H10F3NO3S. The Hall–Kier alpha value is -0.790. The minimum atomic E-state index is -4.96. The maximum absolute atomic E-state index is 11.8. The summed E-state index contributed by atoms with van der Waals surface area (Å²) in [4.78, 5) is 10.5. The number of carbonyl (C=O) groups is 1. The molecule has 0 saturated carbocycles. The van der Waals surface area contributed by atoms with Gasteiger partial charge in [0.2, 0.25) is 0 Å². The first-order valence-electron chi connectivity index (χ1n) is 4.29. The molecule has 0 aromatic rings. The molecule has 1 aliphatic heterocycles. The van der Waals surface area contributed by atoms with E-state index >= 15 is 0 Å². The van der Waals surface area contributed by atoms with Crippen molar-refractivity contribution in [3.8, 4) is 0 Å². The minimum absolute atomic E-state index is 0.0224. The van der Waals surface area contributed by atoms with Crippen molar-refractivity contribution in [2.75, 3.05) is 11.5 Å². The molecule has 0 aliphatic carbocycles. The molecule has 0 aromatic carbocycles. The average Bonchev–Trinajstić information content (AvgIpc) is 2.00. The second-order valence-corrected chi connectivity index (χ2v) is 5.65. The van der Waals surface area contributed by atoms with Crippen LogP contribution in [0.1, 0.15) is 12.8 Å². The second kappa shape index (κ2) is 3.99. The molecule has 1 rings (SSSR count). The summed E-state index contributed by atoms with van der Waals surface area (Å²) in [6, 6.07) is -0.919. The van der Waals surface area contributed by atoms with Gasteiger partial charge >= 0.3 is 12.1 Å². The molecule has 0 radical (unpaired) electrons. The monoisotopic (exact) mass is 245 g/mol. The fourth-order valence-corrected chi connectivity index (χ4v) is 3.04. The zero-order valence-electron chi connectivity index (χ0n) is 7.67. The molecule has 88 valence electrons. The number of amides is 1. The smallest absolute Gasteiger partial charge is 0.345 e. The van der Waals surface area contributed by atoms with E-state index in [2.05, 4.69) is 0 Å². The molecule has 1 N–H and O–H groups in total. The lowest BCUT2D eigenvalue weighted by atomic mass is 10.2. The summed E-state index contributed by atoms with van der Waals surface area (Å²) in [6.07, 6.45) is -4.41. The molecule has 1 amide bonds. The van der Waals surface area contributed by atoms with Gasteiger partial charge in [0, 0.05) is 6.04 Å². The van der Waals surface area contributed by atoms with Gasteiger partial charge in [-0.1, -0.05) is 0 Å². The number of carbonyl (C=O) groups excluding carboxylic acids is 1. The molecule has 4 nitrogen and oxygen atoms in total. The van der Waals surface area contributed by atoms with E-state index in [1.165, 1.54) is 0 Å². The number of hydrogen-bond acceptors (Lipinski definition) is 3. The van der Waals surface area contributed by atoms with Crippen LogP contribution in [-0.2, 0) is 14.6 Å². The van der Waals surface area contributed by atoms with Crippen molar-refractivity contribution in [3.05, 3.63) is 0 Å². The minimum Gasteiger partial charge on any atom is -0.345 e. The number of rotatable bonds is 1. The summed E-state index contributed by atoms with van der Waals surface area (Å²) in [5.74, 6) is -2.51. The predicted octanol–water partition coefficient (Wildman–Crippen LogP) is 0.242. The normalized spacial score (nSPS) is 25.9. The third-order valence-electron chi connectivity index (χ3n) is 2.06. The van der Waals surface area contributed by atoms with Gasteiger partial charge in [-0.15, -0.1) is 0 Å². The molecule has 8 heteroatoms. The quantitative estimate of drug-likeness (QED) is 0.720. The first-order chi connectivity index (χ1) is 6.71. The fraction of sp³-hybridized carbons (Fsp3) is 0.857. The number of alkyl halides is 3. The topological polar surface area (TPSA) is 63.2 Å². The number of nitrogens with one attached hydrogen (secondary N) is 1. The van der Waals surface area contributed by atoms with Crippen molar-refractivity contribution in [2.24, 2.45) is 0 Å². The van der Waals surface area contributed by atoms with Crippen LogP contribution in [0, 0.1) is 0 Å². The second-order valence-electron chi connectivity index (χ2n) is 3.42. The Morgan fingerprint density at radius 3 is 2.40 bits per heavy atom. The Morgan fingerprint density at radius 2 is 1.93 bits per heavy atom. The summed E-state index contributed by atoms with van der Waals surface area (Å²) >= 11 is 0. The highest BCUT2D eigenvalue weighted by atomic mass is 32.2. The van der Waals surface area contributed by atoms with E-state index in [1.54, 1.807) is 5.32 Å². The van der Waals surface area contributed by atoms with Gasteiger partial charge in [-0.05, 0) is 12.8 Å². The summed E-state index contributed by atoms with van der Waals surface area (Å²) in [7, 11) is -3.31. The van der Waals surface area contributed by atoms with E-state index in [0.29, 0.717) is 0 Å². The molecule has 0 aromatic heterocycles. The van der Waals surface area contributed by atoms with Crippen LogP contribution >= 0.6 is 0 Å². The van der Waals surface area contributed by atoms with E-state index in [4.69, 9.17) is 0 Å². The van der Waals surface area contributed by atoms with E-state index in [-0.39, 0.29) is 18.6 Å². The van der Waals surface area contributed by atoms with Gasteiger partial charge in [0.25, 0.3) is 0 Å². The highest BCUT2D eigenvalue weighted by Crippen LogP contribution is 2.17. The van der Waals surface area contributed by atoms with Crippen molar-refractivity contribution < 1.29 is 26.4 Å². The fourth-order valence-electron chi connectivity index (χ4n) is 1.40. The van der Waals surface area contributed by atoms with Crippen LogP contribution < -0.4 is 5.32 Å². The summed E-state index contributed by atoms with van der Waals surface area (Å²) in [5.41, 5.74) is 0. The summed E-state index contributed by atoms with van der Waals surface area (Å²) in [6.45, 7) is 0. The van der Waals surface area contributed by atoms with Crippen molar-refractivity contribution in [1.29, 1.82) is 0 Å². The van der Waals surface area contributed by atoms with Crippen LogP contribution in [0.15, 0.2) is 0 Å². The lowest BCUT2D eigenvalue weighted by molar-refractivity contribution is -0.174. The van der Waals surface area contributed by atoms with Gasteiger partial charge in [0.1, 0.15) is 0 Å². The van der Waals surface area contributed by atoms with Gasteiger partial charge in [0.05, 0.1) is 11.5 Å². The van der Waals surface area contributed by atoms with Crippen molar-refractivity contribution in [1.82, 2.24) is 5.32 Å². The molecule has 1 saturated heterocycles. The molecule has 1 fully saturated rings. The van der Waals surface area contributed by atoms with Gasteiger partial charge in [-0.25, -0.2) is 8.42 Å². The zero-order valence-corrected chi connectivity index (χ0v) is 8.49. The Kier molecular flexibility index (Phi) is 3.27. The van der Waals surface area contributed by atoms with Crippen LogP contribution in [-0.4, -0.2) is 38.0 Å². The van der Waals surface area contributed by atoms with E-state index < -0.39 is 33.7 Å². The highest BCUT2D eigenvalue weighted by Gasteiger charge is 2.40. The van der Waals surface area contributed by atoms with E-state index in [1.807, 2.05) is 0 Å². The number of hydrogen-bond donors (Lipinski definition) is 1. The van der Waals surface area contributed by atoms with E-state index in [0.717, 1.165) is 0 Å². The molecule has 1 heterocycles. The molecular weight excluding hydrogens is 235 g/mol. The van der Waals surface area contributed by atoms with E-state index in [9.17, 15) is 26.4 Å². The lowest BCUT2D eigenvalue weighted by Crippen LogP contribution is -2.48. The molecule has 0 bridgehead atoms. The van der Waals surface area contributed by atoms with Crippen molar-refractivity contribution in [2.45, 2.75) is 25.1 Å². The standard InChI is InChI=1S/C7H10F3NO3S/c8-7(9,10)6(12)11-5-2-1-3-15(13,14)4-5/h5H,1-4H2,(H,11,12). The maximum atomic E-state index is 11.8. The molecule has 1 atom stereocenters. The van der Waals surface area contributed by atoms with Crippen molar-refractivity contribution in [3.63, 3.8) is 0 Å². The average molecular weight is 245 g/mol. The first kappa shape index (κ1) is 12.3. The zero-order chi connectivity index (χ0) is 11.7. The third-order valence-corrected chi connectivity index (χ3v) is 3.88. The summed E-state index contributed by atoms with van der Waals surface area (Å²) in [5, 5.41) is 1.67.